The van der Waals surface area contributed by atoms with Crippen molar-refractivity contribution in [1.29, 1.82) is 5.41 Å². The minimum Gasteiger partial charge on any atom is -0.698 e. The van der Waals surface area contributed by atoms with Crippen LogP contribution in [0.5, 0.6) is 0 Å². The Kier molecular flexibility index (Phi) is 27.1. The molecule has 0 spiro atoms. The Labute approximate surface area is 675 Å². The van der Waals surface area contributed by atoms with Gasteiger partial charge >= 0.3 is 40.7 Å². The van der Waals surface area contributed by atoms with Crippen LogP contribution in [0.15, 0.2) is 157 Å². The average Bonchev–Trinajstić information content (AvgIpc) is 1.01. The number of esters is 4. The van der Waals surface area contributed by atoms with Crippen LogP contribution >= 0.6 is 0 Å². The molecular formula is C92H110CoN8O12. The van der Waals surface area contributed by atoms with E-state index in [-0.39, 0.29) is 165 Å². The SMILES string of the molecule is CC(C)(C)c1cc(C2=C\C=C/C(=N)/C3=C([NH-])/C=C\C=C(/c4cc(C(C)(C)C)cc(C(C)(C)C)c4)C/C=C\C(N)=C(\C([NH-])=C\C=C\2)c2c4cccc2NC(=O)C2C[C@H]2C(=O)OCCCCCCOC(=O)C2CC2C(=O)Nc2cccc(c23)NC(=O)[C@@H]2CC2C(=O)OCCCCCCOC(=O)C2CC2C(=O)N4)cc(C(C)(C)C)c1.[Co+2]. The van der Waals surface area contributed by atoms with Crippen LogP contribution in [0.2, 0.25) is 0 Å². The van der Waals surface area contributed by atoms with Crippen LogP contribution in [-0.2, 0) is 95.7 Å². The van der Waals surface area contributed by atoms with E-state index in [1.165, 1.54) is 6.08 Å². The molecule has 0 aromatic heterocycles. The summed E-state index contributed by atoms with van der Waals surface area (Å²) in [6, 6.07) is 22.7. The maximum atomic E-state index is 14.8. The number of allylic oxidation sites excluding steroid dienone is 15. The predicted molar refractivity (Wildman–Crippen MR) is 442 cm³/mol. The zero-order valence-corrected chi connectivity index (χ0v) is 68.3. The molecule has 4 heterocycles. The monoisotopic (exact) mass is 1580 g/mol. The number of amides is 4. The Morgan fingerprint density at radius 1 is 0.407 bits per heavy atom. The molecule has 4 saturated carbocycles. The molecule has 4 aromatic rings. The molecule has 13 rings (SSSR count). The minimum atomic E-state index is -0.798. The van der Waals surface area contributed by atoms with E-state index in [9.17, 15) is 55.2 Å². The standard InChI is InChI=1S/C92H112N8O12.Co/c1-89(2,3)57-43-55(44-58(47-57)90(4,5)6)53-27-21-31-69(93)77-71(95)33-23-29-54(56-45-59(91(7,8)9)48-60(46-56)92(10,11)12)30-24-34-72(96)78(70(94)32-22-28-53)80-74-36-26-38-76(80)100-84(104)64-52-68(64)88(108)112-42-20-16-15-19-41-111-87(107)67-51-63(67)83(103)99-75-37-25-35-73(79(75)77)97-81(101)61-49-65(61)85(105)109-39-17-13-14-18-40-110-86(106)66-50-62(66)82(102)98-74;/h21-29,31-38,43-48,61-68H,13-20,30,39-42,49-52H2,1-12H3,(H11,93,94,95,96,97,98,99,100,101,102,103,104);/q;+2/p-2/b33-23-,34-24-,54-29-;/t61-,62?,63?,64?,65?,66?,67?,68-;/m1./s1. The van der Waals surface area contributed by atoms with E-state index in [2.05, 4.69) is 141 Å². The van der Waals surface area contributed by atoms with Gasteiger partial charge in [0.15, 0.2) is 0 Å². The van der Waals surface area contributed by atoms with E-state index < -0.39 is 94.8 Å². The van der Waals surface area contributed by atoms with Crippen LogP contribution in [-0.4, -0.2) is 79.6 Å². The summed E-state index contributed by atoms with van der Waals surface area (Å²) >= 11 is 0. The third-order valence-corrected chi connectivity index (χ3v) is 21.8. The number of fused-ring (bicyclic) bond motifs is 22. The summed E-state index contributed by atoms with van der Waals surface area (Å²) in [5.41, 5.74) is 34.6. The fourth-order valence-corrected chi connectivity index (χ4v) is 14.3. The van der Waals surface area contributed by atoms with Gasteiger partial charge in [0.1, 0.15) is 0 Å². The maximum absolute atomic E-state index is 14.8. The van der Waals surface area contributed by atoms with Crippen molar-refractivity contribution in [2.24, 2.45) is 53.1 Å². The second-order valence-corrected chi connectivity index (χ2v) is 34.9. The van der Waals surface area contributed by atoms with E-state index in [1.54, 1.807) is 72.9 Å². The van der Waals surface area contributed by atoms with Crippen molar-refractivity contribution in [3.63, 3.8) is 0 Å². The molecule has 4 fully saturated rings. The number of ether oxygens (including phenoxy) is 4. The molecule has 0 saturated heterocycles. The Morgan fingerprint density at radius 3 is 1.11 bits per heavy atom. The molecule has 6 unspecified atom stereocenters. The topological polar surface area (TPSA) is 319 Å². The first-order valence-corrected chi connectivity index (χ1v) is 39.6. The molecule has 21 heteroatoms. The van der Waals surface area contributed by atoms with Gasteiger partial charge in [-0.1, -0.05) is 186 Å². The normalized spacial score (nSPS) is 27.8. The van der Waals surface area contributed by atoms with Crippen molar-refractivity contribution in [3.8, 4) is 0 Å². The van der Waals surface area contributed by atoms with Gasteiger partial charge in [-0.2, -0.15) is 0 Å². The largest absolute Gasteiger partial charge is 2.00 e. The number of carbonyl (C=O) groups is 8. The van der Waals surface area contributed by atoms with Gasteiger partial charge in [-0.3, -0.25) is 38.4 Å². The molecule has 9 N–H and O–H groups in total. The van der Waals surface area contributed by atoms with Crippen molar-refractivity contribution < 1.29 is 74.1 Å². The summed E-state index contributed by atoms with van der Waals surface area (Å²) in [5, 5.41) is 22.6. The zero-order valence-electron chi connectivity index (χ0n) is 67.2. The number of carbonyl (C=O) groups excluding carboxylic acids is 8. The molecule has 113 heavy (non-hydrogen) atoms. The number of hydrogen-bond donors (Lipinski definition) is 6. The average molecular weight is 1580 g/mol. The van der Waals surface area contributed by atoms with Gasteiger partial charge in [0.2, 0.25) is 23.6 Å². The number of rotatable bonds is 2. The Balaban J connectivity index is 0.0000135. The summed E-state index contributed by atoms with van der Waals surface area (Å²) in [5.74, 6) is -10.3. The van der Waals surface area contributed by atoms with Crippen molar-refractivity contribution in [1.82, 2.24) is 0 Å². The van der Waals surface area contributed by atoms with Crippen molar-refractivity contribution in [3.05, 3.63) is 213 Å². The second-order valence-electron chi connectivity index (χ2n) is 34.9. The maximum Gasteiger partial charge on any atom is 2.00 e. The third-order valence-electron chi connectivity index (χ3n) is 21.8. The first-order chi connectivity index (χ1) is 53.0. The Hall–Kier alpha value is -10.1. The van der Waals surface area contributed by atoms with Crippen molar-refractivity contribution in [2.75, 3.05) is 47.7 Å². The molecule has 4 aliphatic heterocycles. The van der Waals surface area contributed by atoms with Gasteiger partial charge in [-0.25, -0.2) is 0 Å². The van der Waals surface area contributed by atoms with Gasteiger partial charge < -0.3 is 62.8 Å². The van der Waals surface area contributed by atoms with Crippen LogP contribution in [0, 0.1) is 52.8 Å². The van der Waals surface area contributed by atoms with E-state index >= 15 is 0 Å². The van der Waals surface area contributed by atoms with E-state index in [1.807, 2.05) is 24.3 Å². The van der Waals surface area contributed by atoms with Crippen LogP contribution in [0.3, 0.4) is 0 Å². The van der Waals surface area contributed by atoms with Gasteiger partial charge in [0.25, 0.3) is 0 Å². The summed E-state index contributed by atoms with van der Waals surface area (Å²) in [6.45, 7) is 26.0. The summed E-state index contributed by atoms with van der Waals surface area (Å²) in [6.07, 6.45) is 24.4. The van der Waals surface area contributed by atoms with Crippen LogP contribution in [0.25, 0.3) is 33.8 Å². The Morgan fingerprint density at radius 2 is 0.743 bits per heavy atom. The molecule has 8 atom stereocenters. The van der Waals surface area contributed by atoms with E-state index in [4.69, 9.17) is 24.7 Å². The van der Waals surface area contributed by atoms with Gasteiger partial charge in [0, 0.05) is 16.8 Å². The molecule has 1 radical (unpaired) electrons. The summed E-state index contributed by atoms with van der Waals surface area (Å²) in [4.78, 5) is 114. The third kappa shape index (κ3) is 21.8. The van der Waals surface area contributed by atoms with Crippen LogP contribution < -0.4 is 27.0 Å². The first kappa shape index (κ1) is 85.3. The quantitative estimate of drug-likeness (QED) is 0.0804. The van der Waals surface area contributed by atoms with Crippen LogP contribution in [0.1, 0.15) is 211 Å². The Bertz CT molecular complexity index is 4490. The fraction of sp³-hybridized carbons (Fsp3) is 0.446. The molecule has 5 aliphatic carbocycles. The molecule has 4 amide bonds. The minimum absolute atomic E-state index is 0. The smallest absolute Gasteiger partial charge is 0.698 e. The van der Waals surface area contributed by atoms with Crippen molar-refractivity contribution >= 4 is 98.3 Å². The van der Waals surface area contributed by atoms with Crippen LogP contribution in [0.4, 0.5) is 22.7 Å². The zero-order chi connectivity index (χ0) is 80.7. The summed E-state index contributed by atoms with van der Waals surface area (Å²) in [7, 11) is 0. The van der Waals surface area contributed by atoms with Gasteiger partial charge in [0.05, 0.1) is 102 Å². The number of anilines is 4. The molecule has 20 nitrogen and oxygen atoms in total. The molecule has 9 aliphatic rings. The second kappa shape index (κ2) is 35.9. The predicted octanol–water partition coefficient (Wildman–Crippen LogP) is 18.4. The van der Waals surface area contributed by atoms with Gasteiger partial charge in [-0.15, -0.1) is 11.4 Å². The van der Waals surface area contributed by atoms with E-state index in [0.29, 0.717) is 56.9 Å². The van der Waals surface area contributed by atoms with Crippen molar-refractivity contribution in [2.45, 2.75) is 188 Å². The molecule has 4 bridgehead atoms. The number of benzene rings is 4. The summed E-state index contributed by atoms with van der Waals surface area (Å²) < 4.78 is 22.9. The van der Waals surface area contributed by atoms with Gasteiger partial charge in [-0.05, 0) is 197 Å². The fourth-order valence-electron chi connectivity index (χ4n) is 14.3. The number of nitrogens with two attached hydrogens (primary N) is 1. The molecular weight excluding hydrogens is 1470 g/mol. The first-order valence-electron chi connectivity index (χ1n) is 39.6. The van der Waals surface area contributed by atoms with E-state index in [0.717, 1.165) is 39.0 Å². The number of nitrogens with one attached hydrogen (secondary N) is 7. The molecule has 4 aromatic carbocycles. The molecule has 599 valence electrons. The number of hydrogen-bond acceptors (Lipinski definition) is 14.